The highest BCUT2D eigenvalue weighted by Crippen LogP contribution is 2.27. The van der Waals surface area contributed by atoms with Gasteiger partial charge in [0.15, 0.2) is 0 Å². The fourth-order valence-corrected chi connectivity index (χ4v) is 5.43. The summed E-state index contributed by atoms with van der Waals surface area (Å²) in [6.45, 7) is 5.33. The van der Waals surface area contributed by atoms with Gasteiger partial charge >= 0.3 is 0 Å². The van der Waals surface area contributed by atoms with Crippen LogP contribution in [0.25, 0.3) is 21.3 Å². The Morgan fingerprint density at radius 3 is 2.69 bits per heavy atom. The van der Waals surface area contributed by atoms with Gasteiger partial charge in [-0.05, 0) is 80.0 Å². The molecule has 0 atom stereocenters. The van der Waals surface area contributed by atoms with Crippen LogP contribution in [0.4, 0.5) is 5.69 Å². The number of likely N-dealkylation sites (N-methyl/N-ethyl adjacent to an activating group) is 1. The molecule has 3 aromatic carbocycles. The number of carbonyl (C=O) groups is 1. The van der Waals surface area contributed by atoms with E-state index in [2.05, 4.69) is 63.5 Å². The van der Waals surface area contributed by atoms with E-state index in [0.29, 0.717) is 5.56 Å². The molecule has 0 spiro atoms. The zero-order chi connectivity index (χ0) is 24.0. The standard InChI is InChI=1S/C29H32N4OS/c1-32(16-17-33-14-6-3-7-15-33)20-24-18-23(10-12-26(24)22-8-4-2-5-9-22)29(34)31-25-11-13-28-27(19-25)30-21-35-28/h2,4-5,8-13,18-19,21H,3,6-7,14-17,20H2,1H3,(H,31,34). The van der Waals surface area contributed by atoms with Crippen LogP contribution in [0.3, 0.4) is 0 Å². The molecule has 1 aliphatic heterocycles. The number of nitrogens with zero attached hydrogens (tertiary/aromatic N) is 3. The number of aromatic nitrogens is 1. The number of anilines is 1. The number of fused-ring (bicyclic) bond motifs is 1. The minimum atomic E-state index is -0.101. The first-order valence-electron chi connectivity index (χ1n) is 12.4. The predicted octanol–water partition coefficient (Wildman–Crippen LogP) is 6.13. The smallest absolute Gasteiger partial charge is 0.255 e. The summed E-state index contributed by atoms with van der Waals surface area (Å²) in [5.74, 6) is -0.101. The SMILES string of the molecule is CN(CCN1CCCCC1)Cc1cc(C(=O)Nc2ccc3scnc3c2)ccc1-c1ccccc1. The van der Waals surface area contributed by atoms with Crippen molar-refractivity contribution in [2.45, 2.75) is 25.8 Å². The molecular weight excluding hydrogens is 452 g/mol. The van der Waals surface area contributed by atoms with Crippen molar-refractivity contribution in [2.24, 2.45) is 0 Å². The quantitative estimate of drug-likeness (QED) is 0.327. The second kappa shape index (κ2) is 11.1. The fourth-order valence-electron chi connectivity index (χ4n) is 4.77. The van der Waals surface area contributed by atoms with Gasteiger partial charge in [-0.2, -0.15) is 0 Å². The molecule has 0 saturated carbocycles. The lowest BCUT2D eigenvalue weighted by Crippen LogP contribution is -2.36. The Morgan fingerprint density at radius 2 is 1.86 bits per heavy atom. The lowest BCUT2D eigenvalue weighted by Gasteiger charge is -2.29. The average Bonchev–Trinajstić information content (AvgIpc) is 3.36. The molecule has 6 heteroatoms. The number of thiazole rings is 1. The van der Waals surface area contributed by atoms with Gasteiger partial charge in [0.25, 0.3) is 5.91 Å². The molecule has 5 rings (SSSR count). The molecule has 0 unspecified atom stereocenters. The van der Waals surface area contributed by atoms with E-state index in [1.165, 1.54) is 49.0 Å². The summed E-state index contributed by atoms with van der Waals surface area (Å²) in [5, 5.41) is 3.05. The lowest BCUT2D eigenvalue weighted by molar-refractivity contribution is 0.102. The molecule has 180 valence electrons. The molecule has 1 amide bonds. The highest BCUT2D eigenvalue weighted by molar-refractivity contribution is 7.16. The van der Waals surface area contributed by atoms with Gasteiger partial charge in [-0.25, -0.2) is 4.98 Å². The molecule has 2 heterocycles. The molecule has 1 saturated heterocycles. The first-order valence-corrected chi connectivity index (χ1v) is 13.3. The predicted molar refractivity (Wildman–Crippen MR) is 146 cm³/mol. The van der Waals surface area contributed by atoms with E-state index in [0.717, 1.165) is 35.5 Å². The third-order valence-electron chi connectivity index (χ3n) is 6.73. The second-order valence-electron chi connectivity index (χ2n) is 9.37. The van der Waals surface area contributed by atoms with Gasteiger partial charge in [0, 0.05) is 30.9 Å². The van der Waals surface area contributed by atoms with Crippen molar-refractivity contribution in [3.8, 4) is 11.1 Å². The Morgan fingerprint density at radius 1 is 1.03 bits per heavy atom. The summed E-state index contributed by atoms with van der Waals surface area (Å²) in [6.07, 6.45) is 3.99. The van der Waals surface area contributed by atoms with Crippen LogP contribution in [-0.4, -0.2) is 53.9 Å². The molecule has 1 aliphatic rings. The molecule has 0 aliphatic carbocycles. The first kappa shape index (κ1) is 23.7. The number of rotatable bonds is 8. The van der Waals surface area contributed by atoms with E-state index < -0.39 is 0 Å². The number of hydrogen-bond donors (Lipinski definition) is 1. The van der Waals surface area contributed by atoms with Gasteiger partial charge in [-0.1, -0.05) is 42.8 Å². The number of likely N-dealkylation sites (tertiary alicyclic amines) is 1. The molecule has 0 bridgehead atoms. The number of hydrogen-bond acceptors (Lipinski definition) is 5. The molecular formula is C29H32N4OS. The highest BCUT2D eigenvalue weighted by Gasteiger charge is 2.15. The number of nitrogens with one attached hydrogen (secondary N) is 1. The average molecular weight is 485 g/mol. The lowest BCUT2D eigenvalue weighted by atomic mass is 9.96. The molecule has 1 fully saturated rings. The maximum Gasteiger partial charge on any atom is 0.255 e. The van der Waals surface area contributed by atoms with Crippen LogP contribution < -0.4 is 5.32 Å². The van der Waals surface area contributed by atoms with Crippen molar-refractivity contribution >= 4 is 33.1 Å². The van der Waals surface area contributed by atoms with Crippen molar-refractivity contribution in [2.75, 3.05) is 38.5 Å². The minimum Gasteiger partial charge on any atom is -0.322 e. The summed E-state index contributed by atoms with van der Waals surface area (Å²) in [6, 6.07) is 22.4. The summed E-state index contributed by atoms with van der Waals surface area (Å²) in [4.78, 5) is 22.5. The third kappa shape index (κ3) is 5.96. The molecule has 35 heavy (non-hydrogen) atoms. The summed E-state index contributed by atoms with van der Waals surface area (Å²) >= 11 is 1.60. The molecule has 4 aromatic rings. The minimum absolute atomic E-state index is 0.101. The summed E-state index contributed by atoms with van der Waals surface area (Å²) < 4.78 is 1.12. The molecule has 1 N–H and O–H groups in total. The van der Waals surface area contributed by atoms with E-state index in [1.807, 2.05) is 35.8 Å². The second-order valence-corrected chi connectivity index (χ2v) is 10.3. The van der Waals surface area contributed by atoms with Crippen LogP contribution in [0.2, 0.25) is 0 Å². The highest BCUT2D eigenvalue weighted by atomic mass is 32.1. The van der Waals surface area contributed by atoms with Crippen molar-refractivity contribution in [1.29, 1.82) is 0 Å². The van der Waals surface area contributed by atoms with Crippen LogP contribution in [0.15, 0.2) is 72.2 Å². The van der Waals surface area contributed by atoms with Crippen LogP contribution in [0.5, 0.6) is 0 Å². The Bertz CT molecular complexity index is 1280. The monoisotopic (exact) mass is 484 g/mol. The summed E-state index contributed by atoms with van der Waals surface area (Å²) in [5.41, 5.74) is 7.68. The van der Waals surface area contributed by atoms with E-state index in [1.54, 1.807) is 11.3 Å². The van der Waals surface area contributed by atoms with Crippen molar-refractivity contribution in [3.63, 3.8) is 0 Å². The van der Waals surface area contributed by atoms with E-state index in [9.17, 15) is 4.79 Å². The maximum atomic E-state index is 13.2. The third-order valence-corrected chi connectivity index (χ3v) is 7.54. The van der Waals surface area contributed by atoms with Crippen LogP contribution in [0.1, 0.15) is 35.2 Å². The fraction of sp³-hybridized carbons (Fsp3) is 0.310. The van der Waals surface area contributed by atoms with Gasteiger partial charge in [0.2, 0.25) is 0 Å². The van der Waals surface area contributed by atoms with Crippen LogP contribution in [0, 0.1) is 0 Å². The normalized spacial score (nSPS) is 14.5. The Kier molecular flexibility index (Phi) is 7.52. The zero-order valence-corrected chi connectivity index (χ0v) is 21.1. The van der Waals surface area contributed by atoms with Crippen molar-refractivity contribution in [3.05, 3.63) is 83.4 Å². The van der Waals surface area contributed by atoms with Gasteiger partial charge in [-0.15, -0.1) is 11.3 Å². The molecule has 0 radical (unpaired) electrons. The number of carbonyl (C=O) groups excluding carboxylic acids is 1. The van der Waals surface area contributed by atoms with Gasteiger partial charge in [-0.3, -0.25) is 4.79 Å². The molecule has 5 nitrogen and oxygen atoms in total. The largest absolute Gasteiger partial charge is 0.322 e. The number of piperidine rings is 1. The topological polar surface area (TPSA) is 48.5 Å². The summed E-state index contributed by atoms with van der Waals surface area (Å²) in [7, 11) is 2.18. The van der Waals surface area contributed by atoms with E-state index in [-0.39, 0.29) is 5.91 Å². The Balaban J connectivity index is 1.34. The van der Waals surface area contributed by atoms with Gasteiger partial charge in [0.05, 0.1) is 15.7 Å². The van der Waals surface area contributed by atoms with Gasteiger partial charge in [0.1, 0.15) is 0 Å². The van der Waals surface area contributed by atoms with Crippen molar-refractivity contribution < 1.29 is 4.79 Å². The van der Waals surface area contributed by atoms with Crippen LogP contribution in [-0.2, 0) is 6.54 Å². The maximum absolute atomic E-state index is 13.2. The Labute approximate surface area is 211 Å². The van der Waals surface area contributed by atoms with Crippen LogP contribution >= 0.6 is 11.3 Å². The zero-order valence-electron chi connectivity index (χ0n) is 20.2. The molecule has 1 aromatic heterocycles. The van der Waals surface area contributed by atoms with Crippen molar-refractivity contribution in [1.82, 2.24) is 14.8 Å². The first-order chi connectivity index (χ1) is 17.2. The van der Waals surface area contributed by atoms with E-state index in [4.69, 9.17) is 0 Å². The number of benzene rings is 3. The number of amides is 1. The van der Waals surface area contributed by atoms with Gasteiger partial charge < -0.3 is 15.1 Å². The Hall–Kier alpha value is -3.06. The van der Waals surface area contributed by atoms with E-state index >= 15 is 0 Å².